The highest BCUT2D eigenvalue weighted by Gasteiger charge is 2.30. The quantitative estimate of drug-likeness (QED) is 0.818. The van der Waals surface area contributed by atoms with Crippen LogP contribution in [0.2, 0.25) is 0 Å². The number of benzene rings is 2. The minimum absolute atomic E-state index is 0.250. The molecule has 23 heavy (non-hydrogen) atoms. The Labute approximate surface area is 137 Å². The van der Waals surface area contributed by atoms with Gasteiger partial charge in [-0.15, -0.1) is 0 Å². The monoisotopic (exact) mass is 340 g/mol. The molecule has 7 heteroatoms. The zero-order chi connectivity index (χ0) is 16.9. The van der Waals surface area contributed by atoms with Crippen LogP contribution < -0.4 is 15.4 Å². The van der Waals surface area contributed by atoms with Gasteiger partial charge in [0.1, 0.15) is 5.75 Å². The van der Waals surface area contributed by atoms with Crippen LogP contribution in [0.5, 0.6) is 5.75 Å². The van der Waals surface area contributed by atoms with E-state index >= 15 is 0 Å². The molecule has 0 saturated heterocycles. The highest BCUT2D eigenvalue weighted by molar-refractivity contribution is 7.80. The van der Waals surface area contributed by atoms with Gasteiger partial charge in [0, 0.05) is 12.2 Å². The molecule has 2 aromatic rings. The van der Waals surface area contributed by atoms with Crippen molar-refractivity contribution in [3.63, 3.8) is 0 Å². The van der Waals surface area contributed by atoms with Crippen molar-refractivity contribution in [1.29, 1.82) is 0 Å². The predicted molar refractivity (Wildman–Crippen MR) is 87.5 cm³/mol. The van der Waals surface area contributed by atoms with E-state index in [-0.39, 0.29) is 10.8 Å². The topological polar surface area (TPSA) is 33.3 Å². The van der Waals surface area contributed by atoms with Crippen molar-refractivity contribution in [2.45, 2.75) is 12.7 Å². The summed E-state index contributed by atoms with van der Waals surface area (Å²) in [5.41, 5.74) is 0.534. The highest BCUT2D eigenvalue weighted by Crippen LogP contribution is 2.30. The summed E-state index contributed by atoms with van der Waals surface area (Å²) >= 11 is 5.09. The van der Waals surface area contributed by atoms with E-state index in [9.17, 15) is 13.2 Å². The Bertz CT molecular complexity index is 672. The van der Waals surface area contributed by atoms with Crippen molar-refractivity contribution in [1.82, 2.24) is 5.32 Å². The van der Waals surface area contributed by atoms with Gasteiger partial charge in [0.2, 0.25) is 0 Å². The van der Waals surface area contributed by atoms with Crippen molar-refractivity contribution >= 4 is 23.0 Å². The Morgan fingerprint density at radius 1 is 1.13 bits per heavy atom. The molecule has 0 radical (unpaired) electrons. The van der Waals surface area contributed by atoms with Gasteiger partial charge in [-0.05, 0) is 48.1 Å². The van der Waals surface area contributed by atoms with E-state index in [1.54, 1.807) is 7.11 Å². The Morgan fingerprint density at radius 2 is 1.83 bits per heavy atom. The van der Waals surface area contributed by atoms with Crippen molar-refractivity contribution < 1.29 is 17.9 Å². The molecule has 0 saturated carbocycles. The van der Waals surface area contributed by atoms with Gasteiger partial charge in [-0.2, -0.15) is 13.2 Å². The van der Waals surface area contributed by atoms with E-state index in [0.29, 0.717) is 6.54 Å². The minimum Gasteiger partial charge on any atom is -0.497 e. The van der Waals surface area contributed by atoms with Crippen LogP contribution in [0.15, 0.2) is 48.5 Å². The summed E-state index contributed by atoms with van der Waals surface area (Å²) in [5, 5.41) is 5.93. The second kappa shape index (κ2) is 7.32. The molecule has 0 unspecified atom stereocenters. The van der Waals surface area contributed by atoms with Crippen LogP contribution in [0.25, 0.3) is 0 Å². The first-order valence-electron chi connectivity index (χ1n) is 6.73. The molecule has 2 N–H and O–H groups in total. The summed E-state index contributed by atoms with van der Waals surface area (Å²) in [7, 11) is 1.58. The van der Waals surface area contributed by atoms with Gasteiger partial charge < -0.3 is 15.4 Å². The first kappa shape index (κ1) is 17.1. The second-order valence-electron chi connectivity index (χ2n) is 4.73. The Morgan fingerprint density at radius 3 is 2.43 bits per heavy atom. The number of nitrogens with one attached hydrogen (secondary N) is 2. The smallest absolute Gasteiger partial charge is 0.416 e. The molecule has 0 aliphatic carbocycles. The summed E-state index contributed by atoms with van der Waals surface area (Å²) in [6, 6.07) is 12.3. The molecule has 0 fully saturated rings. The SMILES string of the molecule is COc1ccc(CNC(=S)Nc2cccc(C(F)(F)F)c2)cc1. The molecule has 0 atom stereocenters. The van der Waals surface area contributed by atoms with Gasteiger partial charge in [0.15, 0.2) is 5.11 Å². The van der Waals surface area contributed by atoms with Crippen molar-refractivity contribution in [3.05, 3.63) is 59.7 Å². The van der Waals surface area contributed by atoms with Crippen LogP contribution in [0.4, 0.5) is 18.9 Å². The van der Waals surface area contributed by atoms with Crippen LogP contribution in [0.1, 0.15) is 11.1 Å². The third-order valence-corrected chi connectivity index (χ3v) is 3.31. The Hall–Kier alpha value is -2.28. The molecule has 0 bridgehead atoms. The fourth-order valence-corrected chi connectivity index (χ4v) is 2.06. The van der Waals surface area contributed by atoms with Gasteiger partial charge in [-0.1, -0.05) is 18.2 Å². The fraction of sp³-hybridized carbons (Fsp3) is 0.188. The van der Waals surface area contributed by atoms with Crippen LogP contribution >= 0.6 is 12.2 Å². The van der Waals surface area contributed by atoms with Gasteiger partial charge in [-0.3, -0.25) is 0 Å². The van der Waals surface area contributed by atoms with Crippen molar-refractivity contribution in [2.75, 3.05) is 12.4 Å². The zero-order valence-electron chi connectivity index (χ0n) is 12.3. The molecule has 0 spiro atoms. The third-order valence-electron chi connectivity index (χ3n) is 3.06. The van der Waals surface area contributed by atoms with E-state index in [2.05, 4.69) is 10.6 Å². The number of rotatable bonds is 4. The lowest BCUT2D eigenvalue weighted by Crippen LogP contribution is -2.28. The van der Waals surface area contributed by atoms with Crippen LogP contribution in [-0.2, 0) is 12.7 Å². The lowest BCUT2D eigenvalue weighted by atomic mass is 10.2. The van der Waals surface area contributed by atoms with Gasteiger partial charge in [0.05, 0.1) is 12.7 Å². The van der Waals surface area contributed by atoms with E-state index in [1.165, 1.54) is 12.1 Å². The molecular weight excluding hydrogens is 325 g/mol. The summed E-state index contributed by atoms with van der Waals surface area (Å²) in [5.74, 6) is 0.749. The Kier molecular flexibility index (Phi) is 5.44. The average molecular weight is 340 g/mol. The lowest BCUT2D eigenvalue weighted by molar-refractivity contribution is -0.137. The zero-order valence-corrected chi connectivity index (χ0v) is 13.1. The second-order valence-corrected chi connectivity index (χ2v) is 5.14. The number of hydrogen-bond donors (Lipinski definition) is 2. The molecule has 0 amide bonds. The maximum Gasteiger partial charge on any atom is 0.416 e. The fourth-order valence-electron chi connectivity index (χ4n) is 1.87. The van der Waals surface area contributed by atoms with Gasteiger partial charge in [0.25, 0.3) is 0 Å². The number of halogens is 3. The van der Waals surface area contributed by atoms with E-state index < -0.39 is 11.7 Å². The van der Waals surface area contributed by atoms with E-state index in [4.69, 9.17) is 17.0 Å². The van der Waals surface area contributed by atoms with Crippen molar-refractivity contribution in [2.24, 2.45) is 0 Å². The molecule has 0 heterocycles. The predicted octanol–water partition coefficient (Wildman–Crippen LogP) is 4.20. The molecule has 3 nitrogen and oxygen atoms in total. The van der Waals surface area contributed by atoms with E-state index in [0.717, 1.165) is 23.4 Å². The standard InChI is InChI=1S/C16H15F3N2OS/c1-22-14-7-5-11(6-8-14)10-20-15(23)21-13-4-2-3-12(9-13)16(17,18)19/h2-9H,10H2,1H3,(H2,20,21,23). The average Bonchev–Trinajstić information content (AvgIpc) is 2.53. The summed E-state index contributed by atoms with van der Waals surface area (Å²) < 4.78 is 43.0. The first-order valence-corrected chi connectivity index (χ1v) is 7.14. The molecule has 0 aromatic heterocycles. The largest absolute Gasteiger partial charge is 0.497 e. The number of ether oxygens (including phenoxy) is 1. The molecule has 0 aliphatic heterocycles. The molecule has 122 valence electrons. The maximum atomic E-state index is 12.7. The molecule has 2 aromatic carbocycles. The number of methoxy groups -OCH3 is 1. The summed E-state index contributed by atoms with van der Waals surface area (Å²) in [6.07, 6.45) is -4.38. The molecule has 2 rings (SSSR count). The van der Waals surface area contributed by atoms with Gasteiger partial charge >= 0.3 is 6.18 Å². The maximum absolute atomic E-state index is 12.7. The van der Waals surface area contributed by atoms with Crippen LogP contribution in [0.3, 0.4) is 0 Å². The summed E-state index contributed by atoms with van der Waals surface area (Å²) in [6.45, 7) is 0.453. The first-order chi connectivity index (χ1) is 10.9. The van der Waals surface area contributed by atoms with E-state index in [1.807, 2.05) is 24.3 Å². The normalized spacial score (nSPS) is 11.0. The number of thiocarbonyl (C=S) groups is 1. The van der Waals surface area contributed by atoms with Crippen LogP contribution in [0, 0.1) is 0 Å². The highest BCUT2D eigenvalue weighted by atomic mass is 32.1. The molecular formula is C16H15F3N2OS. The Balaban J connectivity index is 1.91. The number of hydrogen-bond acceptors (Lipinski definition) is 2. The summed E-state index contributed by atoms with van der Waals surface area (Å²) in [4.78, 5) is 0. The van der Waals surface area contributed by atoms with Crippen LogP contribution in [-0.4, -0.2) is 12.2 Å². The van der Waals surface area contributed by atoms with Gasteiger partial charge in [-0.25, -0.2) is 0 Å². The minimum atomic E-state index is -4.38. The third kappa shape index (κ3) is 5.14. The number of anilines is 1. The number of alkyl halides is 3. The lowest BCUT2D eigenvalue weighted by Gasteiger charge is -2.13. The van der Waals surface area contributed by atoms with Crippen molar-refractivity contribution in [3.8, 4) is 5.75 Å². The molecule has 0 aliphatic rings.